The normalized spacial score (nSPS) is 14.2. The minimum atomic E-state index is -0.421. The Labute approximate surface area is 228 Å². The molecule has 9 heteroatoms. The molecule has 0 bridgehead atoms. The summed E-state index contributed by atoms with van der Waals surface area (Å²) in [5, 5.41) is 0. The lowest BCUT2D eigenvalue weighted by atomic mass is 9.91. The van der Waals surface area contributed by atoms with Gasteiger partial charge >= 0.3 is 5.97 Å². The van der Waals surface area contributed by atoms with Gasteiger partial charge in [0.25, 0.3) is 0 Å². The van der Waals surface area contributed by atoms with Crippen LogP contribution in [0.1, 0.15) is 33.1 Å². The van der Waals surface area contributed by atoms with Crippen LogP contribution in [-0.4, -0.2) is 65.5 Å². The summed E-state index contributed by atoms with van der Waals surface area (Å²) in [5.74, 6) is 2.50. The molecule has 0 saturated carbocycles. The number of amides is 1. The Morgan fingerprint density at radius 3 is 2.08 bits per heavy atom. The maximum absolute atomic E-state index is 13.7. The Hall–Kier alpha value is -4.40. The van der Waals surface area contributed by atoms with Gasteiger partial charge in [0.05, 0.1) is 53.6 Å². The van der Waals surface area contributed by atoms with Crippen molar-refractivity contribution in [3.8, 4) is 28.7 Å². The lowest BCUT2D eigenvalue weighted by molar-refractivity contribution is -0.134. The Morgan fingerprint density at radius 1 is 0.795 bits per heavy atom. The fraction of sp³-hybridized carbons (Fsp3) is 0.333. The lowest BCUT2D eigenvalue weighted by Crippen LogP contribution is -2.43. The van der Waals surface area contributed by atoms with E-state index in [1.165, 1.54) is 7.11 Å². The third-order valence-corrected chi connectivity index (χ3v) is 6.81. The Kier molecular flexibility index (Phi) is 8.81. The molecule has 39 heavy (non-hydrogen) atoms. The molecule has 1 aliphatic rings. The van der Waals surface area contributed by atoms with Crippen LogP contribution in [-0.2, 0) is 22.4 Å². The summed E-state index contributed by atoms with van der Waals surface area (Å²) >= 11 is 0. The highest BCUT2D eigenvalue weighted by atomic mass is 16.5. The van der Waals surface area contributed by atoms with Crippen molar-refractivity contribution in [3.05, 3.63) is 76.9 Å². The van der Waals surface area contributed by atoms with Crippen molar-refractivity contribution >= 4 is 11.9 Å². The van der Waals surface area contributed by atoms with Crippen LogP contribution in [0.5, 0.6) is 28.7 Å². The van der Waals surface area contributed by atoms with Crippen molar-refractivity contribution in [2.75, 3.05) is 48.7 Å². The molecule has 0 aromatic heterocycles. The van der Waals surface area contributed by atoms with Crippen LogP contribution < -0.4 is 23.7 Å². The summed E-state index contributed by atoms with van der Waals surface area (Å²) in [6.45, 7) is 0.724. The van der Waals surface area contributed by atoms with E-state index in [4.69, 9.17) is 28.4 Å². The number of nitrogens with zero attached hydrogens (tertiary/aromatic N) is 1. The Morgan fingerprint density at radius 2 is 1.44 bits per heavy atom. The van der Waals surface area contributed by atoms with Crippen LogP contribution in [0.25, 0.3) is 0 Å². The van der Waals surface area contributed by atoms with Crippen LogP contribution >= 0.6 is 0 Å². The SMILES string of the molecule is COC(=O)c1ccc(OC[C@H]2c3cc(OC)c(OC)cc3CCN2C(=O)Cc2ccc(OC)c(OC)c2)cc1. The van der Waals surface area contributed by atoms with Gasteiger partial charge in [-0.25, -0.2) is 4.79 Å². The fourth-order valence-corrected chi connectivity index (χ4v) is 4.75. The second-order valence-corrected chi connectivity index (χ2v) is 8.95. The van der Waals surface area contributed by atoms with Gasteiger partial charge in [0.15, 0.2) is 23.0 Å². The summed E-state index contributed by atoms with van der Waals surface area (Å²) in [5.41, 5.74) is 3.24. The first-order valence-corrected chi connectivity index (χ1v) is 12.5. The molecule has 0 saturated heterocycles. The molecule has 0 N–H and O–H groups in total. The van der Waals surface area contributed by atoms with Crippen molar-refractivity contribution in [1.29, 1.82) is 0 Å². The second kappa shape index (κ2) is 12.4. The van der Waals surface area contributed by atoms with Crippen LogP contribution in [0.3, 0.4) is 0 Å². The van der Waals surface area contributed by atoms with E-state index >= 15 is 0 Å². The van der Waals surface area contributed by atoms with E-state index in [2.05, 4.69) is 0 Å². The Balaban J connectivity index is 1.62. The van der Waals surface area contributed by atoms with Gasteiger partial charge in [-0.15, -0.1) is 0 Å². The summed E-state index contributed by atoms with van der Waals surface area (Å²) in [6.07, 6.45) is 0.852. The molecule has 1 aliphatic heterocycles. The number of hydrogen-bond acceptors (Lipinski definition) is 8. The van der Waals surface area contributed by atoms with E-state index in [-0.39, 0.29) is 25.0 Å². The maximum Gasteiger partial charge on any atom is 0.337 e. The van der Waals surface area contributed by atoms with Gasteiger partial charge in [-0.05, 0) is 71.6 Å². The molecule has 0 radical (unpaired) electrons. The molecule has 3 aromatic rings. The van der Waals surface area contributed by atoms with Crippen molar-refractivity contribution in [1.82, 2.24) is 4.90 Å². The van der Waals surface area contributed by atoms with Crippen LogP contribution in [0.4, 0.5) is 0 Å². The second-order valence-electron chi connectivity index (χ2n) is 8.95. The molecule has 3 aromatic carbocycles. The number of carbonyl (C=O) groups is 2. The van der Waals surface area contributed by atoms with Crippen LogP contribution in [0, 0.1) is 0 Å². The minimum Gasteiger partial charge on any atom is -0.493 e. The molecule has 0 unspecified atom stereocenters. The minimum absolute atomic E-state index is 0.0442. The first kappa shape index (κ1) is 27.6. The number of methoxy groups -OCH3 is 5. The van der Waals surface area contributed by atoms with Gasteiger partial charge in [0, 0.05) is 6.54 Å². The van der Waals surface area contributed by atoms with Gasteiger partial charge in [0.1, 0.15) is 12.4 Å². The van der Waals surface area contributed by atoms with E-state index in [1.807, 2.05) is 29.2 Å². The monoisotopic (exact) mass is 535 g/mol. The van der Waals surface area contributed by atoms with E-state index in [0.717, 1.165) is 16.7 Å². The quantitative estimate of drug-likeness (QED) is 0.356. The standard InChI is InChI=1S/C30H33NO8/c1-34-25-11-6-19(14-26(25)35-2)15-29(32)31-13-12-21-16-27(36-3)28(37-4)17-23(21)24(31)18-39-22-9-7-20(8-10-22)30(33)38-5/h6-11,14,16-17,24H,12-13,15,18H2,1-5H3/t24-/m0/s1. The lowest BCUT2D eigenvalue weighted by Gasteiger charge is -2.37. The van der Waals surface area contributed by atoms with Crippen molar-refractivity contribution in [2.24, 2.45) is 0 Å². The number of hydrogen-bond donors (Lipinski definition) is 0. The van der Waals surface area contributed by atoms with Crippen LogP contribution in [0.2, 0.25) is 0 Å². The van der Waals surface area contributed by atoms with Crippen molar-refractivity contribution < 1.29 is 38.0 Å². The van der Waals surface area contributed by atoms with E-state index < -0.39 is 5.97 Å². The molecule has 0 spiro atoms. The summed E-state index contributed by atoms with van der Waals surface area (Å²) < 4.78 is 32.7. The first-order chi connectivity index (χ1) is 18.9. The zero-order valence-corrected chi connectivity index (χ0v) is 22.8. The smallest absolute Gasteiger partial charge is 0.337 e. The molecule has 1 heterocycles. The predicted octanol–water partition coefficient (Wildman–Crippen LogP) is 4.26. The van der Waals surface area contributed by atoms with Gasteiger partial charge in [-0.1, -0.05) is 6.07 Å². The highest BCUT2D eigenvalue weighted by Gasteiger charge is 2.33. The van der Waals surface area contributed by atoms with Gasteiger partial charge in [0.2, 0.25) is 5.91 Å². The van der Waals surface area contributed by atoms with Crippen molar-refractivity contribution in [3.63, 3.8) is 0 Å². The molecule has 4 rings (SSSR count). The molecule has 0 aliphatic carbocycles. The summed E-state index contributed by atoms with van der Waals surface area (Å²) in [7, 11) is 7.67. The third kappa shape index (κ3) is 6.03. The molecule has 206 valence electrons. The van der Waals surface area contributed by atoms with Crippen molar-refractivity contribution in [2.45, 2.75) is 18.9 Å². The fourth-order valence-electron chi connectivity index (χ4n) is 4.75. The molecule has 1 atom stereocenters. The maximum atomic E-state index is 13.7. The molecular formula is C30H33NO8. The average molecular weight is 536 g/mol. The van der Waals surface area contributed by atoms with Gasteiger partial charge in [-0.3, -0.25) is 4.79 Å². The number of rotatable bonds is 10. The number of esters is 1. The molecule has 0 fully saturated rings. The van der Waals surface area contributed by atoms with E-state index in [0.29, 0.717) is 47.3 Å². The molecular weight excluding hydrogens is 502 g/mol. The number of carbonyl (C=O) groups excluding carboxylic acids is 2. The van der Waals surface area contributed by atoms with E-state index in [9.17, 15) is 9.59 Å². The topological polar surface area (TPSA) is 92.8 Å². The van der Waals surface area contributed by atoms with Gasteiger partial charge in [-0.2, -0.15) is 0 Å². The zero-order chi connectivity index (χ0) is 27.9. The Bertz CT molecular complexity index is 1320. The van der Waals surface area contributed by atoms with Crippen LogP contribution in [0.15, 0.2) is 54.6 Å². The predicted molar refractivity (Wildman–Crippen MR) is 144 cm³/mol. The first-order valence-electron chi connectivity index (χ1n) is 12.5. The molecule has 1 amide bonds. The zero-order valence-electron chi connectivity index (χ0n) is 22.8. The highest BCUT2D eigenvalue weighted by Crippen LogP contribution is 2.39. The summed E-state index contributed by atoms with van der Waals surface area (Å²) in [4.78, 5) is 27.3. The number of fused-ring (bicyclic) bond motifs is 1. The number of benzene rings is 3. The third-order valence-electron chi connectivity index (χ3n) is 6.81. The van der Waals surface area contributed by atoms with E-state index in [1.54, 1.807) is 58.8 Å². The average Bonchev–Trinajstić information content (AvgIpc) is 2.98. The van der Waals surface area contributed by atoms with Gasteiger partial charge < -0.3 is 33.3 Å². The number of ether oxygens (including phenoxy) is 6. The largest absolute Gasteiger partial charge is 0.493 e. The molecule has 9 nitrogen and oxygen atoms in total. The summed E-state index contributed by atoms with van der Waals surface area (Å²) in [6, 6.07) is 15.7. The highest BCUT2D eigenvalue weighted by molar-refractivity contribution is 5.89.